The second kappa shape index (κ2) is 7.03. The van der Waals surface area contributed by atoms with Gasteiger partial charge in [0.25, 0.3) is 0 Å². The van der Waals surface area contributed by atoms with Gasteiger partial charge in [-0.05, 0) is 30.0 Å². The van der Waals surface area contributed by atoms with E-state index >= 15 is 0 Å². The zero-order valence-corrected chi connectivity index (χ0v) is 15.4. The van der Waals surface area contributed by atoms with Gasteiger partial charge in [-0.25, -0.2) is 4.98 Å². The van der Waals surface area contributed by atoms with Crippen molar-refractivity contribution in [3.05, 3.63) is 42.2 Å². The molecule has 0 bridgehead atoms. The number of rotatable bonds is 4. The Balaban J connectivity index is 1.31. The molecule has 28 heavy (non-hydrogen) atoms. The third kappa shape index (κ3) is 3.93. The molecule has 6 nitrogen and oxygen atoms in total. The van der Waals surface area contributed by atoms with E-state index in [2.05, 4.69) is 14.6 Å². The van der Waals surface area contributed by atoms with E-state index in [1.54, 1.807) is 18.3 Å². The molecule has 2 heterocycles. The Morgan fingerprint density at radius 2 is 1.82 bits per heavy atom. The van der Waals surface area contributed by atoms with Crippen LogP contribution >= 0.6 is 0 Å². The number of aryl methyl sites for hydroxylation is 1. The van der Waals surface area contributed by atoms with Crippen LogP contribution in [0.2, 0.25) is 0 Å². The van der Waals surface area contributed by atoms with Gasteiger partial charge >= 0.3 is 6.36 Å². The summed E-state index contributed by atoms with van der Waals surface area (Å²) in [5, 5.41) is 0. The Morgan fingerprint density at radius 1 is 1.14 bits per heavy atom. The number of hydrogen-bond donors (Lipinski definition) is 0. The molecule has 1 saturated carbocycles. The van der Waals surface area contributed by atoms with Crippen LogP contribution in [-0.2, 0) is 11.8 Å². The van der Waals surface area contributed by atoms with Crippen LogP contribution in [0.5, 0.6) is 5.75 Å². The van der Waals surface area contributed by atoms with Gasteiger partial charge in [-0.15, -0.1) is 13.2 Å². The number of aromatic nitrogens is 2. The quantitative estimate of drug-likeness (QED) is 0.800. The standard InChI is InChI=1S/C19H21F3N4O2/c1-24-7-6-23-18(24)26-10-8-25(9-11-26)17(27)16-12-15(16)13-2-4-14(5-3-13)28-19(20,21)22/h2-7,15-16H,8-12H2,1H3/t15-,16+/m0/s1. The van der Waals surface area contributed by atoms with E-state index in [1.807, 2.05) is 22.7 Å². The van der Waals surface area contributed by atoms with Crippen LogP contribution in [0.15, 0.2) is 36.7 Å². The molecular formula is C19H21F3N4O2. The van der Waals surface area contributed by atoms with Gasteiger partial charge in [0, 0.05) is 51.5 Å². The zero-order chi connectivity index (χ0) is 19.9. The number of alkyl halides is 3. The van der Waals surface area contributed by atoms with Crippen molar-refractivity contribution in [1.82, 2.24) is 14.5 Å². The summed E-state index contributed by atoms with van der Waals surface area (Å²) in [6, 6.07) is 5.82. The van der Waals surface area contributed by atoms with Crippen molar-refractivity contribution in [2.75, 3.05) is 31.1 Å². The van der Waals surface area contributed by atoms with Gasteiger partial charge in [-0.3, -0.25) is 4.79 Å². The van der Waals surface area contributed by atoms with E-state index in [1.165, 1.54) is 12.1 Å². The summed E-state index contributed by atoms with van der Waals surface area (Å²) in [6.45, 7) is 2.76. The Labute approximate surface area is 160 Å². The van der Waals surface area contributed by atoms with Crippen LogP contribution < -0.4 is 9.64 Å². The predicted molar refractivity (Wildman–Crippen MR) is 96.0 cm³/mol. The molecule has 150 valence electrons. The maximum atomic E-state index is 12.8. The normalized spacial score (nSPS) is 22.3. The Kier molecular flexibility index (Phi) is 4.68. The van der Waals surface area contributed by atoms with Gasteiger partial charge in [0.05, 0.1) is 0 Å². The molecule has 1 aliphatic heterocycles. The maximum Gasteiger partial charge on any atom is 0.573 e. The highest BCUT2D eigenvalue weighted by molar-refractivity contribution is 5.83. The van der Waals surface area contributed by atoms with Gasteiger partial charge in [0.2, 0.25) is 11.9 Å². The van der Waals surface area contributed by atoms with E-state index in [0.717, 1.165) is 31.0 Å². The summed E-state index contributed by atoms with van der Waals surface area (Å²) in [6.07, 6.45) is -0.312. The van der Waals surface area contributed by atoms with Crippen molar-refractivity contribution in [2.45, 2.75) is 18.7 Å². The number of imidazole rings is 1. The number of anilines is 1. The second-order valence-corrected chi connectivity index (χ2v) is 7.22. The lowest BCUT2D eigenvalue weighted by molar-refractivity contribution is -0.274. The SMILES string of the molecule is Cn1ccnc1N1CCN(C(=O)[C@@H]2C[C@H]2c2ccc(OC(F)(F)F)cc2)CC1. The lowest BCUT2D eigenvalue weighted by atomic mass is 10.1. The summed E-state index contributed by atoms with van der Waals surface area (Å²) in [4.78, 5) is 21.2. The molecule has 1 saturated heterocycles. The average Bonchev–Trinajstić information content (AvgIpc) is 3.34. The molecule has 2 fully saturated rings. The Morgan fingerprint density at radius 3 is 2.39 bits per heavy atom. The maximum absolute atomic E-state index is 12.8. The fraction of sp³-hybridized carbons (Fsp3) is 0.474. The molecule has 1 amide bonds. The van der Waals surface area contributed by atoms with Crippen LogP contribution in [0.4, 0.5) is 19.1 Å². The molecule has 1 aromatic heterocycles. The lowest BCUT2D eigenvalue weighted by Crippen LogP contribution is -2.50. The van der Waals surface area contributed by atoms with Crippen molar-refractivity contribution in [1.29, 1.82) is 0 Å². The fourth-order valence-electron chi connectivity index (χ4n) is 3.78. The molecule has 9 heteroatoms. The highest BCUT2D eigenvalue weighted by Crippen LogP contribution is 2.48. The van der Waals surface area contributed by atoms with Gasteiger partial charge in [-0.2, -0.15) is 0 Å². The number of carbonyl (C=O) groups excluding carboxylic acids is 1. The minimum Gasteiger partial charge on any atom is -0.406 e. The van der Waals surface area contributed by atoms with Crippen LogP contribution in [-0.4, -0.2) is 52.9 Å². The van der Waals surface area contributed by atoms with E-state index in [-0.39, 0.29) is 23.5 Å². The van der Waals surface area contributed by atoms with Gasteiger partial charge < -0.3 is 19.1 Å². The average molecular weight is 394 g/mol. The molecular weight excluding hydrogens is 373 g/mol. The third-order valence-electron chi connectivity index (χ3n) is 5.32. The number of nitrogens with zero attached hydrogens (tertiary/aromatic N) is 4. The van der Waals surface area contributed by atoms with E-state index in [4.69, 9.17) is 0 Å². The van der Waals surface area contributed by atoms with Crippen molar-refractivity contribution >= 4 is 11.9 Å². The molecule has 4 rings (SSSR count). The molecule has 0 spiro atoms. The highest BCUT2D eigenvalue weighted by atomic mass is 19.4. The first-order chi connectivity index (χ1) is 13.3. The first kappa shape index (κ1) is 18.6. The highest BCUT2D eigenvalue weighted by Gasteiger charge is 2.46. The molecule has 2 atom stereocenters. The number of carbonyl (C=O) groups is 1. The van der Waals surface area contributed by atoms with Crippen molar-refractivity contribution < 1.29 is 22.7 Å². The fourth-order valence-corrected chi connectivity index (χ4v) is 3.78. The van der Waals surface area contributed by atoms with Gasteiger partial charge in [0.15, 0.2) is 0 Å². The monoisotopic (exact) mass is 394 g/mol. The van der Waals surface area contributed by atoms with Crippen molar-refractivity contribution in [2.24, 2.45) is 13.0 Å². The smallest absolute Gasteiger partial charge is 0.406 e. The van der Waals surface area contributed by atoms with Crippen LogP contribution in [0.25, 0.3) is 0 Å². The third-order valence-corrected chi connectivity index (χ3v) is 5.32. The number of benzene rings is 1. The Hall–Kier alpha value is -2.71. The second-order valence-electron chi connectivity index (χ2n) is 7.22. The number of halogens is 3. The molecule has 1 aliphatic carbocycles. The molecule has 1 aromatic carbocycles. The molecule has 2 aromatic rings. The summed E-state index contributed by atoms with van der Waals surface area (Å²) in [5.74, 6) is 0.761. The number of ether oxygens (including phenoxy) is 1. The van der Waals surface area contributed by atoms with E-state index in [0.29, 0.717) is 13.1 Å². The van der Waals surface area contributed by atoms with Crippen LogP contribution in [0.1, 0.15) is 17.9 Å². The van der Waals surface area contributed by atoms with Crippen molar-refractivity contribution in [3.8, 4) is 5.75 Å². The Bertz CT molecular complexity index is 842. The van der Waals surface area contributed by atoms with Gasteiger partial charge in [0.1, 0.15) is 5.75 Å². The van der Waals surface area contributed by atoms with Crippen molar-refractivity contribution in [3.63, 3.8) is 0 Å². The molecule has 0 radical (unpaired) electrons. The lowest BCUT2D eigenvalue weighted by Gasteiger charge is -2.35. The topological polar surface area (TPSA) is 50.6 Å². The number of piperazine rings is 1. The number of amides is 1. The minimum atomic E-state index is -4.70. The van der Waals surface area contributed by atoms with Gasteiger partial charge in [-0.1, -0.05) is 12.1 Å². The zero-order valence-electron chi connectivity index (χ0n) is 15.4. The molecule has 0 unspecified atom stereocenters. The van der Waals surface area contributed by atoms with E-state index < -0.39 is 6.36 Å². The summed E-state index contributed by atoms with van der Waals surface area (Å²) in [7, 11) is 1.94. The van der Waals surface area contributed by atoms with Crippen LogP contribution in [0, 0.1) is 5.92 Å². The largest absolute Gasteiger partial charge is 0.573 e. The minimum absolute atomic E-state index is 0.0695. The first-order valence-corrected chi connectivity index (χ1v) is 9.18. The summed E-state index contributed by atoms with van der Waals surface area (Å²) in [5.41, 5.74) is 0.875. The number of hydrogen-bond acceptors (Lipinski definition) is 4. The van der Waals surface area contributed by atoms with E-state index in [9.17, 15) is 18.0 Å². The molecule has 2 aliphatic rings. The summed E-state index contributed by atoms with van der Waals surface area (Å²) >= 11 is 0. The predicted octanol–water partition coefficient (Wildman–Crippen LogP) is 2.77. The first-order valence-electron chi connectivity index (χ1n) is 9.18. The summed E-state index contributed by atoms with van der Waals surface area (Å²) < 4.78 is 42.6. The molecule has 0 N–H and O–H groups in total. The van der Waals surface area contributed by atoms with Crippen LogP contribution in [0.3, 0.4) is 0 Å².